The number of ether oxygens (including phenoxy) is 1. The number of nitrogens with one attached hydrogen (secondary N) is 2. The Morgan fingerprint density at radius 1 is 0.969 bits per heavy atom. The van der Waals surface area contributed by atoms with E-state index in [9.17, 15) is 26.4 Å². The Morgan fingerprint density at radius 2 is 1.53 bits per heavy atom. The Hall–Kier alpha value is -2.22. The fourth-order valence-electron chi connectivity index (χ4n) is 2.28. The molecule has 2 aromatic carbocycles. The molecule has 10 nitrogen and oxygen atoms in total. The van der Waals surface area contributed by atoms with Crippen molar-refractivity contribution in [3.8, 4) is 0 Å². The van der Waals surface area contributed by atoms with Crippen LogP contribution in [0, 0.1) is 0 Å². The molecule has 0 radical (unpaired) electrons. The molecule has 0 spiro atoms. The summed E-state index contributed by atoms with van der Waals surface area (Å²) in [5.41, 5.74) is 0.276. The van der Waals surface area contributed by atoms with Crippen LogP contribution >= 0.6 is 23.2 Å². The monoisotopic (exact) mass is 523 g/mol. The molecule has 0 heterocycles. The predicted octanol–water partition coefficient (Wildman–Crippen LogP) is 1.70. The molecule has 0 aliphatic rings. The summed E-state index contributed by atoms with van der Waals surface area (Å²) in [6, 6.07) is 9.48. The van der Waals surface area contributed by atoms with E-state index in [4.69, 9.17) is 27.9 Å². The van der Waals surface area contributed by atoms with Gasteiger partial charge in [-0.15, -0.1) is 0 Å². The number of anilines is 1. The van der Waals surface area contributed by atoms with Gasteiger partial charge in [-0.3, -0.25) is 9.59 Å². The van der Waals surface area contributed by atoms with Gasteiger partial charge < -0.3 is 10.1 Å². The van der Waals surface area contributed by atoms with E-state index in [1.54, 1.807) is 0 Å². The first kappa shape index (κ1) is 26.0. The molecule has 2 aromatic rings. The van der Waals surface area contributed by atoms with Gasteiger partial charge in [0.2, 0.25) is 20.0 Å². The summed E-state index contributed by atoms with van der Waals surface area (Å²) in [7, 11) is -5.02. The standard InChI is InChI=1S/C18H19Cl2N3O7S2/c1-23(2)32(28,29)13-8-6-12(7-9-13)22-16(24)11-30-17(25)10-21-31(26,27)18-14(19)4-3-5-15(18)20/h3-9,21H,10-11H2,1-2H3,(H,22,24). The van der Waals surface area contributed by atoms with Gasteiger partial charge in [0, 0.05) is 19.8 Å². The zero-order valence-electron chi connectivity index (χ0n) is 16.8. The minimum Gasteiger partial charge on any atom is -0.455 e. The summed E-state index contributed by atoms with van der Waals surface area (Å²) in [6.45, 7) is -1.45. The fourth-order valence-corrected chi connectivity index (χ4v) is 5.29. The lowest BCUT2D eigenvalue weighted by Crippen LogP contribution is -2.32. The SMILES string of the molecule is CN(C)S(=O)(=O)c1ccc(NC(=O)COC(=O)CNS(=O)(=O)c2c(Cl)cccc2Cl)cc1. The minimum absolute atomic E-state index is 0.0397. The molecule has 0 aliphatic heterocycles. The van der Waals surface area contributed by atoms with Gasteiger partial charge in [-0.1, -0.05) is 29.3 Å². The first-order chi connectivity index (χ1) is 14.8. The molecule has 0 aromatic heterocycles. The quantitative estimate of drug-likeness (QED) is 0.476. The van der Waals surface area contributed by atoms with Crippen LogP contribution in [0.4, 0.5) is 5.69 Å². The van der Waals surface area contributed by atoms with Crippen LogP contribution in [0.1, 0.15) is 0 Å². The summed E-state index contributed by atoms with van der Waals surface area (Å²) in [4.78, 5) is 23.4. The topological polar surface area (TPSA) is 139 Å². The van der Waals surface area contributed by atoms with E-state index in [1.807, 2.05) is 4.72 Å². The van der Waals surface area contributed by atoms with Crippen LogP contribution < -0.4 is 10.0 Å². The highest BCUT2D eigenvalue weighted by Crippen LogP contribution is 2.28. The highest BCUT2D eigenvalue weighted by molar-refractivity contribution is 7.89. The molecule has 0 unspecified atom stereocenters. The number of nitrogens with zero attached hydrogens (tertiary/aromatic N) is 1. The van der Waals surface area contributed by atoms with Gasteiger partial charge in [0.1, 0.15) is 11.4 Å². The molecule has 0 aliphatic carbocycles. The maximum Gasteiger partial charge on any atom is 0.321 e. The third-order valence-corrected chi connectivity index (χ3v) is 8.06. The Bertz CT molecular complexity index is 1200. The minimum atomic E-state index is -4.19. The molecular weight excluding hydrogens is 505 g/mol. The normalized spacial score (nSPS) is 11.9. The molecule has 32 heavy (non-hydrogen) atoms. The smallest absolute Gasteiger partial charge is 0.321 e. The van der Waals surface area contributed by atoms with Gasteiger partial charge in [0.25, 0.3) is 5.91 Å². The first-order valence-electron chi connectivity index (χ1n) is 8.76. The number of halogens is 2. The zero-order valence-corrected chi connectivity index (χ0v) is 20.0. The van der Waals surface area contributed by atoms with Gasteiger partial charge in [0.15, 0.2) is 6.61 Å². The number of sulfonamides is 2. The average molecular weight is 524 g/mol. The van der Waals surface area contributed by atoms with Crippen molar-refractivity contribution in [2.24, 2.45) is 0 Å². The number of rotatable bonds is 9. The van der Waals surface area contributed by atoms with Crippen LogP contribution in [0.5, 0.6) is 0 Å². The van der Waals surface area contributed by atoms with E-state index in [-0.39, 0.29) is 25.5 Å². The van der Waals surface area contributed by atoms with Crippen LogP contribution in [-0.4, -0.2) is 60.3 Å². The van der Waals surface area contributed by atoms with Crippen LogP contribution in [0.2, 0.25) is 10.0 Å². The predicted molar refractivity (Wildman–Crippen MR) is 119 cm³/mol. The third-order valence-electron chi connectivity index (χ3n) is 3.88. The molecule has 0 saturated heterocycles. The number of amides is 1. The Morgan fingerprint density at radius 3 is 2.06 bits per heavy atom. The van der Waals surface area contributed by atoms with Crippen molar-refractivity contribution < 1.29 is 31.2 Å². The van der Waals surface area contributed by atoms with Crippen LogP contribution in [-0.2, 0) is 34.4 Å². The zero-order chi connectivity index (χ0) is 24.1. The number of hydrogen-bond donors (Lipinski definition) is 2. The van der Waals surface area contributed by atoms with E-state index in [0.717, 1.165) is 4.31 Å². The molecule has 1 amide bonds. The van der Waals surface area contributed by atoms with E-state index in [1.165, 1.54) is 56.6 Å². The lowest BCUT2D eigenvalue weighted by Gasteiger charge is -2.12. The molecule has 174 valence electrons. The highest BCUT2D eigenvalue weighted by Gasteiger charge is 2.23. The molecule has 14 heteroatoms. The van der Waals surface area contributed by atoms with Crippen molar-refractivity contribution in [2.75, 3.05) is 32.6 Å². The molecule has 0 bridgehead atoms. The summed E-state index contributed by atoms with van der Waals surface area (Å²) >= 11 is 11.7. The number of esters is 1. The van der Waals surface area contributed by atoms with Crippen molar-refractivity contribution in [3.05, 3.63) is 52.5 Å². The van der Waals surface area contributed by atoms with Crippen LogP contribution in [0.15, 0.2) is 52.3 Å². The first-order valence-corrected chi connectivity index (χ1v) is 12.4. The van der Waals surface area contributed by atoms with Gasteiger partial charge in [-0.25, -0.2) is 21.1 Å². The molecule has 2 N–H and O–H groups in total. The number of carbonyl (C=O) groups excluding carboxylic acids is 2. The largest absolute Gasteiger partial charge is 0.455 e. The van der Waals surface area contributed by atoms with Crippen LogP contribution in [0.25, 0.3) is 0 Å². The van der Waals surface area contributed by atoms with Crippen molar-refractivity contribution in [1.82, 2.24) is 9.03 Å². The van der Waals surface area contributed by atoms with Crippen LogP contribution in [0.3, 0.4) is 0 Å². The average Bonchev–Trinajstić information content (AvgIpc) is 2.71. The lowest BCUT2D eigenvalue weighted by molar-refractivity contribution is -0.146. The summed E-state index contributed by atoms with van der Waals surface area (Å²) in [5.74, 6) is -1.72. The number of carbonyl (C=O) groups is 2. The maximum atomic E-state index is 12.3. The van der Waals surface area contributed by atoms with E-state index < -0.39 is 45.1 Å². The van der Waals surface area contributed by atoms with Gasteiger partial charge in [-0.05, 0) is 36.4 Å². The third kappa shape index (κ3) is 6.64. The Kier molecular flexibility index (Phi) is 8.62. The summed E-state index contributed by atoms with van der Waals surface area (Å²) < 4.78 is 56.4. The second-order valence-electron chi connectivity index (χ2n) is 6.40. The highest BCUT2D eigenvalue weighted by atomic mass is 35.5. The fraction of sp³-hybridized carbons (Fsp3) is 0.222. The van der Waals surface area contributed by atoms with E-state index in [0.29, 0.717) is 0 Å². The summed E-state index contributed by atoms with van der Waals surface area (Å²) in [5, 5.41) is 2.17. The molecule has 2 rings (SSSR count). The van der Waals surface area contributed by atoms with Crippen molar-refractivity contribution in [3.63, 3.8) is 0 Å². The summed E-state index contributed by atoms with van der Waals surface area (Å²) in [6.07, 6.45) is 0. The van der Waals surface area contributed by atoms with Gasteiger partial charge >= 0.3 is 5.97 Å². The van der Waals surface area contributed by atoms with Crippen molar-refractivity contribution in [1.29, 1.82) is 0 Å². The van der Waals surface area contributed by atoms with E-state index >= 15 is 0 Å². The molecule has 0 saturated carbocycles. The van der Waals surface area contributed by atoms with Crippen molar-refractivity contribution >= 4 is 60.8 Å². The second kappa shape index (κ2) is 10.6. The number of hydrogen-bond acceptors (Lipinski definition) is 7. The van der Waals surface area contributed by atoms with Crippen molar-refractivity contribution in [2.45, 2.75) is 9.79 Å². The van der Waals surface area contributed by atoms with Gasteiger partial charge in [0.05, 0.1) is 14.9 Å². The second-order valence-corrected chi connectivity index (χ2v) is 11.1. The number of benzene rings is 2. The van der Waals surface area contributed by atoms with E-state index in [2.05, 4.69) is 5.32 Å². The molecule has 0 fully saturated rings. The Labute approximate surface area is 195 Å². The molecular formula is C18H19Cl2N3O7S2. The molecule has 0 atom stereocenters. The van der Waals surface area contributed by atoms with Gasteiger partial charge in [-0.2, -0.15) is 4.72 Å². The Balaban J connectivity index is 1.87. The lowest BCUT2D eigenvalue weighted by atomic mass is 10.3. The maximum absolute atomic E-state index is 12.3.